The third kappa shape index (κ3) is 5.07. The lowest BCUT2D eigenvalue weighted by atomic mass is 10.2. The maximum atomic E-state index is 12.8. The number of pyridine rings is 1. The van der Waals surface area contributed by atoms with Gasteiger partial charge in [-0.25, -0.2) is 4.98 Å². The van der Waals surface area contributed by atoms with E-state index in [9.17, 15) is 9.59 Å². The number of thioether (sulfide) groups is 1. The number of piperazine rings is 1. The SMILES string of the molecule is O=C1CN(c2ccc(NC(=O)c3ccccc3SC[C@H]3CCCO3)cn2)CCN1. The molecule has 4 rings (SSSR count). The molecule has 8 heteroatoms. The summed E-state index contributed by atoms with van der Waals surface area (Å²) in [7, 11) is 0. The highest BCUT2D eigenvalue weighted by atomic mass is 32.2. The average molecular weight is 413 g/mol. The van der Waals surface area contributed by atoms with E-state index in [0.717, 1.165) is 42.5 Å². The minimum absolute atomic E-state index is 0.00691. The normalized spacial score (nSPS) is 19.1. The molecule has 3 heterocycles. The highest BCUT2D eigenvalue weighted by Crippen LogP contribution is 2.27. The van der Waals surface area contributed by atoms with Gasteiger partial charge in [-0.05, 0) is 37.1 Å². The fraction of sp³-hybridized carbons (Fsp3) is 0.381. The van der Waals surface area contributed by atoms with E-state index in [1.165, 1.54) is 0 Å². The van der Waals surface area contributed by atoms with E-state index in [-0.39, 0.29) is 17.9 Å². The lowest BCUT2D eigenvalue weighted by Crippen LogP contribution is -2.48. The molecule has 2 fully saturated rings. The van der Waals surface area contributed by atoms with Gasteiger partial charge in [-0.15, -0.1) is 11.8 Å². The summed E-state index contributed by atoms with van der Waals surface area (Å²) < 4.78 is 5.68. The molecule has 7 nitrogen and oxygen atoms in total. The molecule has 1 aromatic carbocycles. The van der Waals surface area contributed by atoms with Gasteiger partial charge in [0.05, 0.1) is 30.1 Å². The fourth-order valence-electron chi connectivity index (χ4n) is 3.42. The number of amides is 2. The molecule has 2 amide bonds. The van der Waals surface area contributed by atoms with Crippen molar-refractivity contribution in [2.24, 2.45) is 0 Å². The molecule has 2 aliphatic rings. The number of ether oxygens (including phenoxy) is 1. The van der Waals surface area contributed by atoms with Crippen molar-refractivity contribution in [3.05, 3.63) is 48.2 Å². The number of nitrogens with one attached hydrogen (secondary N) is 2. The van der Waals surface area contributed by atoms with Crippen LogP contribution >= 0.6 is 11.8 Å². The summed E-state index contributed by atoms with van der Waals surface area (Å²) in [5.74, 6) is 1.41. The summed E-state index contributed by atoms with van der Waals surface area (Å²) in [5.41, 5.74) is 1.27. The van der Waals surface area contributed by atoms with Crippen molar-refractivity contribution in [3.63, 3.8) is 0 Å². The molecular weight excluding hydrogens is 388 g/mol. The summed E-state index contributed by atoms with van der Waals surface area (Å²) in [6.45, 7) is 2.46. The lowest BCUT2D eigenvalue weighted by molar-refractivity contribution is -0.120. The van der Waals surface area contributed by atoms with Crippen molar-refractivity contribution in [1.29, 1.82) is 0 Å². The molecule has 0 saturated carbocycles. The van der Waals surface area contributed by atoms with Crippen LogP contribution < -0.4 is 15.5 Å². The largest absolute Gasteiger partial charge is 0.377 e. The van der Waals surface area contributed by atoms with Crippen LogP contribution in [0.25, 0.3) is 0 Å². The second-order valence-electron chi connectivity index (χ2n) is 7.07. The first kappa shape index (κ1) is 19.7. The summed E-state index contributed by atoms with van der Waals surface area (Å²) in [6.07, 6.45) is 4.09. The van der Waals surface area contributed by atoms with Gasteiger partial charge in [0, 0.05) is 30.3 Å². The zero-order valence-electron chi connectivity index (χ0n) is 16.1. The third-order valence-corrected chi connectivity index (χ3v) is 6.15. The molecule has 0 spiro atoms. The van der Waals surface area contributed by atoms with Gasteiger partial charge in [0.1, 0.15) is 5.82 Å². The van der Waals surface area contributed by atoms with Crippen LogP contribution in [-0.2, 0) is 9.53 Å². The Hall–Kier alpha value is -2.58. The molecule has 152 valence electrons. The van der Waals surface area contributed by atoms with Gasteiger partial charge in [-0.1, -0.05) is 12.1 Å². The summed E-state index contributed by atoms with van der Waals surface area (Å²) >= 11 is 1.66. The second kappa shape index (κ2) is 9.28. The number of benzene rings is 1. The Kier molecular flexibility index (Phi) is 6.31. The van der Waals surface area contributed by atoms with E-state index in [4.69, 9.17) is 4.74 Å². The standard InChI is InChI=1S/C21H24N4O3S/c26-20-13-25(10-9-22-20)19-8-7-15(12-23-19)24-21(27)17-5-1-2-6-18(17)29-14-16-4-3-11-28-16/h1-2,5-8,12,16H,3-4,9-11,13-14H2,(H,22,26)(H,24,27)/t16-/m1/s1. The molecular formula is C21H24N4O3S. The zero-order chi connectivity index (χ0) is 20.1. The van der Waals surface area contributed by atoms with Gasteiger partial charge in [0.15, 0.2) is 0 Å². The third-order valence-electron chi connectivity index (χ3n) is 4.95. The number of anilines is 2. The number of hydrogen-bond acceptors (Lipinski definition) is 6. The van der Waals surface area contributed by atoms with Crippen molar-refractivity contribution in [1.82, 2.24) is 10.3 Å². The minimum atomic E-state index is -0.160. The van der Waals surface area contributed by atoms with Gasteiger partial charge >= 0.3 is 0 Å². The molecule has 29 heavy (non-hydrogen) atoms. The number of carbonyl (C=O) groups is 2. The van der Waals surface area contributed by atoms with Crippen LogP contribution in [0.3, 0.4) is 0 Å². The Bertz CT molecular complexity index is 868. The number of nitrogens with zero attached hydrogens (tertiary/aromatic N) is 2. The molecule has 0 unspecified atom stereocenters. The second-order valence-corrected chi connectivity index (χ2v) is 8.13. The highest BCUT2D eigenvalue weighted by Gasteiger charge is 2.19. The Labute approximate surface area is 174 Å². The lowest BCUT2D eigenvalue weighted by Gasteiger charge is -2.27. The fourth-order valence-corrected chi connectivity index (χ4v) is 4.54. The van der Waals surface area contributed by atoms with Crippen LogP contribution in [0, 0.1) is 0 Å². The van der Waals surface area contributed by atoms with Crippen LogP contribution in [0.2, 0.25) is 0 Å². The van der Waals surface area contributed by atoms with Crippen molar-refractivity contribution in [2.75, 3.05) is 42.2 Å². The maximum absolute atomic E-state index is 12.8. The van der Waals surface area contributed by atoms with Gasteiger partial charge in [0.25, 0.3) is 5.91 Å². The Balaban J connectivity index is 1.39. The molecule has 0 radical (unpaired) electrons. The predicted molar refractivity (Wildman–Crippen MR) is 114 cm³/mol. The first-order valence-corrected chi connectivity index (χ1v) is 10.8. The maximum Gasteiger partial charge on any atom is 0.256 e. The van der Waals surface area contributed by atoms with Crippen LogP contribution in [-0.4, -0.2) is 54.9 Å². The van der Waals surface area contributed by atoms with Crippen LogP contribution in [0.15, 0.2) is 47.5 Å². The molecule has 0 bridgehead atoms. The molecule has 2 N–H and O–H groups in total. The summed E-state index contributed by atoms with van der Waals surface area (Å²) in [6, 6.07) is 11.3. The van der Waals surface area contributed by atoms with Crippen molar-refractivity contribution in [3.8, 4) is 0 Å². The summed E-state index contributed by atoms with van der Waals surface area (Å²) in [5, 5.41) is 5.72. The molecule has 2 saturated heterocycles. The molecule has 2 aromatic rings. The average Bonchev–Trinajstić information content (AvgIpc) is 3.27. The van der Waals surface area contributed by atoms with E-state index in [0.29, 0.717) is 24.3 Å². The van der Waals surface area contributed by atoms with Gasteiger partial charge in [0.2, 0.25) is 5.91 Å². The first-order valence-electron chi connectivity index (χ1n) is 9.81. The van der Waals surface area contributed by atoms with Crippen molar-refractivity contribution in [2.45, 2.75) is 23.8 Å². The van der Waals surface area contributed by atoms with E-state index in [1.54, 1.807) is 18.0 Å². The molecule has 0 aliphatic carbocycles. The van der Waals surface area contributed by atoms with E-state index < -0.39 is 0 Å². The van der Waals surface area contributed by atoms with Crippen LogP contribution in [0.5, 0.6) is 0 Å². The van der Waals surface area contributed by atoms with Gasteiger partial charge in [-0.3, -0.25) is 9.59 Å². The quantitative estimate of drug-likeness (QED) is 0.710. The Morgan fingerprint density at radius 3 is 2.97 bits per heavy atom. The van der Waals surface area contributed by atoms with E-state index in [2.05, 4.69) is 15.6 Å². The van der Waals surface area contributed by atoms with E-state index >= 15 is 0 Å². The smallest absolute Gasteiger partial charge is 0.256 e. The van der Waals surface area contributed by atoms with Crippen molar-refractivity contribution >= 4 is 35.1 Å². The first-order chi connectivity index (χ1) is 14.2. The zero-order valence-corrected chi connectivity index (χ0v) is 16.9. The summed E-state index contributed by atoms with van der Waals surface area (Å²) in [4.78, 5) is 31.6. The van der Waals surface area contributed by atoms with Crippen molar-refractivity contribution < 1.29 is 14.3 Å². The topological polar surface area (TPSA) is 83.6 Å². The molecule has 1 atom stereocenters. The van der Waals surface area contributed by atoms with Crippen LogP contribution in [0.1, 0.15) is 23.2 Å². The minimum Gasteiger partial charge on any atom is -0.377 e. The van der Waals surface area contributed by atoms with Gasteiger partial charge in [-0.2, -0.15) is 0 Å². The van der Waals surface area contributed by atoms with Crippen LogP contribution in [0.4, 0.5) is 11.5 Å². The van der Waals surface area contributed by atoms with Gasteiger partial charge < -0.3 is 20.3 Å². The van der Waals surface area contributed by atoms with E-state index in [1.807, 2.05) is 41.3 Å². The monoisotopic (exact) mass is 412 g/mol. The number of carbonyl (C=O) groups excluding carboxylic acids is 2. The number of aromatic nitrogens is 1. The number of hydrogen-bond donors (Lipinski definition) is 2. The number of rotatable bonds is 6. The molecule has 1 aromatic heterocycles. The predicted octanol–water partition coefficient (Wildman–Crippen LogP) is 2.54. The molecule has 2 aliphatic heterocycles. The highest BCUT2D eigenvalue weighted by molar-refractivity contribution is 7.99. The Morgan fingerprint density at radius 1 is 1.31 bits per heavy atom. The Morgan fingerprint density at radius 2 is 2.21 bits per heavy atom.